The molecule has 0 aliphatic rings. The lowest BCUT2D eigenvalue weighted by atomic mass is 10.2. The van der Waals surface area contributed by atoms with E-state index in [-0.39, 0.29) is 26.4 Å². The van der Waals surface area contributed by atoms with Gasteiger partial charge in [-0.1, -0.05) is 12.1 Å². The topological polar surface area (TPSA) is 145 Å². The van der Waals surface area contributed by atoms with E-state index in [0.717, 1.165) is 0 Å². The summed E-state index contributed by atoms with van der Waals surface area (Å²) in [5.74, 6) is -13.5. The number of anilines is 1. The molecule has 0 radical (unpaired) electrons. The van der Waals surface area contributed by atoms with Crippen molar-refractivity contribution in [3.63, 3.8) is 0 Å². The van der Waals surface area contributed by atoms with Gasteiger partial charge in [-0.2, -0.15) is 8.78 Å². The van der Waals surface area contributed by atoms with E-state index in [1.54, 1.807) is 6.07 Å². The van der Waals surface area contributed by atoms with Crippen molar-refractivity contribution in [3.8, 4) is 11.5 Å². The highest BCUT2D eigenvalue weighted by atomic mass is 19.2. The van der Waals surface area contributed by atoms with Crippen LogP contribution in [-0.2, 0) is 47.4 Å². The van der Waals surface area contributed by atoms with Crippen LogP contribution in [0.4, 0.5) is 27.6 Å². The summed E-state index contributed by atoms with van der Waals surface area (Å²) in [6.45, 7) is 6.57. The zero-order valence-electron chi connectivity index (χ0n) is 28.3. The Morgan fingerprint density at radius 2 is 0.765 bits per heavy atom. The molecular formula is C33H46F5NO12. The number of rotatable bonds is 32. The van der Waals surface area contributed by atoms with Crippen LogP contribution in [0.25, 0.3) is 0 Å². The standard InChI is InChI=1S/C33H46F5NO12/c34-28-29(35)31(37)33(32(38)30(28)36)51-27(40)5-6-41-7-8-42-9-10-43-11-12-44-13-14-45-15-16-46-17-18-47-19-20-48-21-22-49-23-24-50-26-4-2-1-3-25(26)39/h1-4H,5-24,39H2. The molecule has 0 aliphatic carbocycles. The van der Waals surface area contributed by atoms with E-state index in [0.29, 0.717) is 111 Å². The molecule has 13 nitrogen and oxygen atoms in total. The summed E-state index contributed by atoms with van der Waals surface area (Å²) in [6.07, 6.45) is -0.488. The van der Waals surface area contributed by atoms with Crippen LogP contribution in [0.5, 0.6) is 11.5 Å². The fourth-order valence-electron chi connectivity index (χ4n) is 3.68. The quantitative estimate of drug-likeness (QED) is 0.0222. The summed E-state index contributed by atoms with van der Waals surface area (Å²) < 4.78 is 125. The van der Waals surface area contributed by atoms with Crippen molar-refractivity contribution in [1.82, 2.24) is 0 Å². The normalized spacial score (nSPS) is 11.3. The highest BCUT2D eigenvalue weighted by Crippen LogP contribution is 2.29. The van der Waals surface area contributed by atoms with Crippen LogP contribution in [0.15, 0.2) is 24.3 Å². The molecule has 0 atom stereocenters. The zero-order valence-corrected chi connectivity index (χ0v) is 28.3. The van der Waals surface area contributed by atoms with Crippen LogP contribution in [0.2, 0.25) is 0 Å². The number of esters is 1. The average molecular weight is 744 g/mol. The number of hydrogen-bond acceptors (Lipinski definition) is 13. The second-order valence-electron chi connectivity index (χ2n) is 10.0. The lowest BCUT2D eigenvalue weighted by Crippen LogP contribution is -2.16. The second kappa shape index (κ2) is 28.4. The number of para-hydroxylation sites is 2. The van der Waals surface area contributed by atoms with Gasteiger partial charge < -0.3 is 57.8 Å². The zero-order chi connectivity index (χ0) is 36.9. The molecule has 0 saturated heterocycles. The van der Waals surface area contributed by atoms with Gasteiger partial charge in [-0.05, 0) is 12.1 Å². The fraction of sp³-hybridized carbons (Fsp3) is 0.606. The Hall–Kier alpha value is -3.20. The summed E-state index contributed by atoms with van der Waals surface area (Å²) in [5.41, 5.74) is 6.40. The number of hydrogen-bond donors (Lipinski definition) is 1. The summed E-state index contributed by atoms with van der Waals surface area (Å²) >= 11 is 0. The maximum Gasteiger partial charge on any atom is 0.313 e. The monoisotopic (exact) mass is 743 g/mol. The first-order chi connectivity index (χ1) is 24.8. The van der Waals surface area contributed by atoms with Gasteiger partial charge in [0.15, 0.2) is 0 Å². The van der Waals surface area contributed by atoms with Gasteiger partial charge in [-0.15, -0.1) is 0 Å². The van der Waals surface area contributed by atoms with Crippen molar-refractivity contribution in [3.05, 3.63) is 53.4 Å². The molecule has 0 aliphatic heterocycles. The molecule has 2 aromatic carbocycles. The molecule has 51 heavy (non-hydrogen) atoms. The summed E-state index contributed by atoms with van der Waals surface area (Å²) in [5, 5.41) is 0. The van der Waals surface area contributed by atoms with Crippen molar-refractivity contribution in [2.75, 3.05) is 131 Å². The third-order valence-electron chi connectivity index (χ3n) is 6.22. The van der Waals surface area contributed by atoms with Gasteiger partial charge in [0.05, 0.1) is 131 Å². The smallest absolute Gasteiger partial charge is 0.313 e. The lowest BCUT2D eigenvalue weighted by molar-refractivity contribution is -0.136. The molecule has 18 heteroatoms. The molecule has 0 bridgehead atoms. The van der Waals surface area contributed by atoms with Crippen molar-refractivity contribution in [2.45, 2.75) is 6.42 Å². The Kier molecular flexibility index (Phi) is 24.5. The van der Waals surface area contributed by atoms with Crippen LogP contribution in [0, 0.1) is 29.1 Å². The van der Waals surface area contributed by atoms with E-state index in [1.165, 1.54) is 0 Å². The highest BCUT2D eigenvalue weighted by molar-refractivity contribution is 5.72. The predicted octanol–water partition coefficient (Wildman–Crippen LogP) is 3.49. The minimum Gasteiger partial charge on any atom is -0.489 e. The maximum absolute atomic E-state index is 13.5. The molecule has 290 valence electrons. The highest BCUT2D eigenvalue weighted by Gasteiger charge is 2.28. The number of ether oxygens (including phenoxy) is 11. The number of nitrogen functional groups attached to an aromatic ring is 1. The molecule has 0 heterocycles. The number of nitrogens with two attached hydrogens (primary N) is 1. The largest absolute Gasteiger partial charge is 0.489 e. The predicted molar refractivity (Wildman–Crippen MR) is 170 cm³/mol. The molecule has 0 aromatic heterocycles. The first-order valence-corrected chi connectivity index (χ1v) is 16.2. The molecular weight excluding hydrogens is 697 g/mol. The van der Waals surface area contributed by atoms with E-state index in [4.69, 9.17) is 53.1 Å². The third kappa shape index (κ3) is 19.8. The van der Waals surface area contributed by atoms with Gasteiger partial charge in [-0.3, -0.25) is 4.79 Å². The third-order valence-corrected chi connectivity index (χ3v) is 6.22. The van der Waals surface area contributed by atoms with Crippen molar-refractivity contribution >= 4 is 11.7 Å². The van der Waals surface area contributed by atoms with E-state index in [1.807, 2.05) is 18.2 Å². The molecule has 2 rings (SSSR count). The number of carbonyl (C=O) groups is 1. The molecule has 0 saturated carbocycles. The van der Waals surface area contributed by atoms with Crippen LogP contribution >= 0.6 is 0 Å². The van der Waals surface area contributed by atoms with Gasteiger partial charge in [0.25, 0.3) is 0 Å². The van der Waals surface area contributed by atoms with Crippen molar-refractivity contribution in [2.24, 2.45) is 0 Å². The van der Waals surface area contributed by atoms with E-state index in [2.05, 4.69) is 4.74 Å². The minimum atomic E-state index is -2.35. The van der Waals surface area contributed by atoms with Crippen molar-refractivity contribution in [1.29, 1.82) is 0 Å². The first-order valence-electron chi connectivity index (χ1n) is 16.2. The van der Waals surface area contributed by atoms with Crippen LogP contribution in [0.1, 0.15) is 6.42 Å². The molecule has 0 spiro atoms. The maximum atomic E-state index is 13.5. The Morgan fingerprint density at radius 1 is 0.451 bits per heavy atom. The second-order valence-corrected chi connectivity index (χ2v) is 10.0. The molecule has 2 aromatic rings. The Bertz CT molecular complexity index is 1200. The van der Waals surface area contributed by atoms with Crippen LogP contribution in [0.3, 0.4) is 0 Å². The fourth-order valence-corrected chi connectivity index (χ4v) is 3.68. The average Bonchev–Trinajstić information content (AvgIpc) is 3.13. The van der Waals surface area contributed by atoms with Gasteiger partial charge in [0.2, 0.25) is 34.8 Å². The molecule has 2 N–H and O–H groups in total. The Balaban J connectivity index is 1.22. The minimum absolute atomic E-state index is 0.0788. The molecule has 0 fully saturated rings. The number of halogens is 5. The summed E-state index contributed by atoms with van der Waals surface area (Å²) in [4.78, 5) is 11.6. The molecule has 0 amide bonds. The first kappa shape index (κ1) is 44.0. The van der Waals surface area contributed by atoms with Gasteiger partial charge in [-0.25, -0.2) is 13.2 Å². The number of benzene rings is 2. The van der Waals surface area contributed by atoms with Crippen LogP contribution < -0.4 is 15.2 Å². The lowest BCUT2D eigenvalue weighted by Gasteiger charge is -2.10. The van der Waals surface area contributed by atoms with E-state index < -0.39 is 47.2 Å². The summed E-state index contributed by atoms with van der Waals surface area (Å²) in [6, 6.07) is 7.29. The van der Waals surface area contributed by atoms with Gasteiger partial charge in [0.1, 0.15) is 12.4 Å². The van der Waals surface area contributed by atoms with E-state index >= 15 is 0 Å². The van der Waals surface area contributed by atoms with Crippen LogP contribution in [-0.4, -0.2) is 132 Å². The van der Waals surface area contributed by atoms with E-state index in [9.17, 15) is 26.7 Å². The SMILES string of the molecule is Nc1ccccc1OCCOCCOCCOCCOCCOCCOCCOCCOCCOCCC(=O)Oc1c(F)c(F)c(F)c(F)c1F. The number of carbonyl (C=O) groups excluding carboxylic acids is 1. The van der Waals surface area contributed by atoms with Gasteiger partial charge >= 0.3 is 5.97 Å². The van der Waals surface area contributed by atoms with Gasteiger partial charge in [0, 0.05) is 0 Å². The summed E-state index contributed by atoms with van der Waals surface area (Å²) in [7, 11) is 0. The van der Waals surface area contributed by atoms with Crippen molar-refractivity contribution < 1.29 is 78.9 Å². The molecule has 0 unspecified atom stereocenters. The Labute approximate surface area is 293 Å². The Morgan fingerprint density at radius 3 is 1.14 bits per heavy atom.